The molecule has 1 amide bonds. The molecule has 20 heavy (non-hydrogen) atoms. The fourth-order valence-electron chi connectivity index (χ4n) is 1.98. The fraction of sp³-hybridized carbons (Fsp3) is 0.357. The predicted octanol–water partition coefficient (Wildman–Crippen LogP) is 1.66. The van der Waals surface area contributed by atoms with E-state index in [9.17, 15) is 9.59 Å². The second-order valence-corrected chi connectivity index (χ2v) is 4.68. The number of carboxylic acids is 1. The van der Waals surface area contributed by atoms with Crippen molar-refractivity contribution in [2.45, 2.75) is 26.3 Å². The monoisotopic (exact) mass is 275 g/mol. The number of pyridine rings is 1. The van der Waals surface area contributed by atoms with Gasteiger partial charge >= 0.3 is 5.97 Å². The fourth-order valence-corrected chi connectivity index (χ4v) is 1.98. The van der Waals surface area contributed by atoms with Crippen LogP contribution in [0.25, 0.3) is 5.65 Å². The first-order valence-corrected chi connectivity index (χ1v) is 6.49. The van der Waals surface area contributed by atoms with Crippen molar-refractivity contribution in [3.63, 3.8) is 0 Å². The third kappa shape index (κ3) is 2.79. The molecule has 2 rings (SSSR count). The van der Waals surface area contributed by atoms with Gasteiger partial charge in [0.2, 0.25) is 0 Å². The van der Waals surface area contributed by atoms with E-state index in [-0.39, 0.29) is 24.2 Å². The molecular formula is C14H17N3O3. The molecule has 0 aliphatic carbocycles. The summed E-state index contributed by atoms with van der Waals surface area (Å²) in [6.45, 7) is 3.43. The van der Waals surface area contributed by atoms with Crippen molar-refractivity contribution in [3.8, 4) is 0 Å². The topological polar surface area (TPSA) is 74.9 Å². The summed E-state index contributed by atoms with van der Waals surface area (Å²) in [6, 6.07) is 5.32. The largest absolute Gasteiger partial charge is 0.480 e. The number of fused-ring (bicyclic) bond motifs is 1. The highest BCUT2D eigenvalue weighted by Crippen LogP contribution is 2.11. The minimum Gasteiger partial charge on any atom is -0.480 e. The van der Waals surface area contributed by atoms with Crippen LogP contribution in [0.4, 0.5) is 0 Å². The lowest BCUT2D eigenvalue weighted by molar-refractivity contribution is -0.138. The van der Waals surface area contributed by atoms with Crippen LogP contribution in [0.5, 0.6) is 0 Å². The number of rotatable bonds is 5. The van der Waals surface area contributed by atoms with Crippen molar-refractivity contribution in [1.82, 2.24) is 14.3 Å². The summed E-state index contributed by atoms with van der Waals surface area (Å²) in [6.07, 6.45) is 4.10. The van der Waals surface area contributed by atoms with Crippen LogP contribution in [0.1, 0.15) is 30.8 Å². The number of carbonyl (C=O) groups excluding carboxylic acids is 1. The minimum absolute atomic E-state index is 0.150. The van der Waals surface area contributed by atoms with E-state index in [4.69, 9.17) is 5.11 Å². The van der Waals surface area contributed by atoms with E-state index in [0.29, 0.717) is 12.1 Å². The Labute approximate surface area is 116 Å². The lowest BCUT2D eigenvalue weighted by atomic mass is 10.2. The molecule has 0 saturated carbocycles. The second kappa shape index (κ2) is 5.73. The molecule has 6 heteroatoms. The molecule has 0 aliphatic heterocycles. The molecule has 1 atom stereocenters. The van der Waals surface area contributed by atoms with Crippen LogP contribution in [-0.2, 0) is 4.79 Å². The van der Waals surface area contributed by atoms with Crippen molar-refractivity contribution in [1.29, 1.82) is 0 Å². The van der Waals surface area contributed by atoms with Crippen LogP contribution >= 0.6 is 0 Å². The molecule has 1 N–H and O–H groups in total. The van der Waals surface area contributed by atoms with E-state index in [1.165, 1.54) is 4.90 Å². The van der Waals surface area contributed by atoms with Gasteiger partial charge in [0.05, 0.1) is 0 Å². The average molecular weight is 275 g/mol. The maximum absolute atomic E-state index is 12.4. The first-order valence-electron chi connectivity index (χ1n) is 6.49. The quantitative estimate of drug-likeness (QED) is 0.900. The molecule has 0 bridgehead atoms. The van der Waals surface area contributed by atoms with Gasteiger partial charge in [0.1, 0.15) is 17.9 Å². The molecule has 0 saturated heterocycles. The van der Waals surface area contributed by atoms with Gasteiger partial charge in [-0.1, -0.05) is 13.0 Å². The Bertz CT molecular complexity index is 602. The Hall–Kier alpha value is -2.37. The minimum atomic E-state index is -1.03. The van der Waals surface area contributed by atoms with E-state index in [1.807, 2.05) is 26.0 Å². The number of hydrogen-bond acceptors (Lipinski definition) is 3. The first-order chi connectivity index (χ1) is 9.52. The van der Waals surface area contributed by atoms with E-state index >= 15 is 0 Å². The number of aliphatic carboxylic acids is 1. The lowest BCUT2D eigenvalue weighted by Crippen LogP contribution is -2.42. The summed E-state index contributed by atoms with van der Waals surface area (Å²) in [5.41, 5.74) is 0.924. The molecule has 106 valence electrons. The van der Waals surface area contributed by atoms with Gasteiger partial charge in [0.15, 0.2) is 0 Å². The second-order valence-electron chi connectivity index (χ2n) is 4.68. The van der Waals surface area contributed by atoms with Crippen LogP contribution in [0, 0.1) is 0 Å². The number of nitrogens with zero attached hydrogens (tertiary/aromatic N) is 3. The Morgan fingerprint density at radius 1 is 1.45 bits per heavy atom. The van der Waals surface area contributed by atoms with E-state index in [0.717, 1.165) is 0 Å². The van der Waals surface area contributed by atoms with Crippen molar-refractivity contribution in [3.05, 3.63) is 36.3 Å². The zero-order chi connectivity index (χ0) is 14.7. The third-order valence-electron chi connectivity index (χ3n) is 3.27. The zero-order valence-electron chi connectivity index (χ0n) is 11.5. The van der Waals surface area contributed by atoms with Crippen molar-refractivity contribution in [2.75, 3.05) is 6.54 Å². The average Bonchev–Trinajstić information content (AvgIpc) is 2.86. The van der Waals surface area contributed by atoms with Crippen LogP contribution in [-0.4, -0.2) is 43.9 Å². The number of imidazole rings is 1. The number of carbonyl (C=O) groups is 2. The maximum Gasteiger partial charge on any atom is 0.323 e. The van der Waals surface area contributed by atoms with Gasteiger partial charge in [-0.3, -0.25) is 9.59 Å². The van der Waals surface area contributed by atoms with Crippen molar-refractivity contribution >= 4 is 17.5 Å². The first kappa shape index (κ1) is 14.0. The van der Waals surface area contributed by atoms with Crippen LogP contribution in [0.15, 0.2) is 30.6 Å². The Morgan fingerprint density at radius 2 is 2.20 bits per heavy atom. The number of aromatic nitrogens is 2. The van der Waals surface area contributed by atoms with Gasteiger partial charge < -0.3 is 14.4 Å². The molecule has 0 spiro atoms. The smallest absolute Gasteiger partial charge is 0.323 e. The molecule has 1 unspecified atom stereocenters. The summed E-state index contributed by atoms with van der Waals surface area (Å²) >= 11 is 0. The number of amides is 1. The van der Waals surface area contributed by atoms with Crippen LogP contribution in [0.3, 0.4) is 0 Å². The molecule has 0 aromatic carbocycles. The highest BCUT2D eigenvalue weighted by atomic mass is 16.4. The molecule has 0 radical (unpaired) electrons. The summed E-state index contributed by atoms with van der Waals surface area (Å²) in [5, 5.41) is 8.94. The summed E-state index contributed by atoms with van der Waals surface area (Å²) in [5.74, 6) is -1.38. The molecule has 2 aromatic heterocycles. The zero-order valence-corrected chi connectivity index (χ0v) is 11.5. The SMILES string of the molecule is CCC(C)N(CC(=O)O)C(=O)c1cn2ccccc2n1. The molecule has 6 nitrogen and oxygen atoms in total. The molecule has 0 fully saturated rings. The van der Waals surface area contributed by atoms with Crippen molar-refractivity contribution < 1.29 is 14.7 Å². The number of hydrogen-bond donors (Lipinski definition) is 1. The molecular weight excluding hydrogens is 258 g/mol. The molecule has 2 heterocycles. The van der Waals surface area contributed by atoms with Gasteiger partial charge in [-0.2, -0.15) is 0 Å². The van der Waals surface area contributed by atoms with Crippen molar-refractivity contribution in [2.24, 2.45) is 0 Å². The Morgan fingerprint density at radius 3 is 2.80 bits per heavy atom. The Kier molecular flexibility index (Phi) is 4.02. The summed E-state index contributed by atoms with van der Waals surface area (Å²) in [7, 11) is 0. The highest BCUT2D eigenvalue weighted by molar-refractivity contribution is 5.94. The molecule has 2 aromatic rings. The third-order valence-corrected chi connectivity index (χ3v) is 3.27. The van der Waals surface area contributed by atoms with Gasteiger partial charge in [-0.05, 0) is 25.5 Å². The normalized spacial score (nSPS) is 12.3. The maximum atomic E-state index is 12.4. The lowest BCUT2D eigenvalue weighted by Gasteiger charge is -2.26. The standard InChI is InChI=1S/C14H17N3O3/c1-3-10(2)17(9-13(18)19)14(20)11-8-16-7-5-4-6-12(16)15-11/h4-8,10H,3,9H2,1-2H3,(H,18,19). The van der Waals surface area contributed by atoms with E-state index in [1.54, 1.807) is 22.9 Å². The van der Waals surface area contributed by atoms with Crippen LogP contribution < -0.4 is 0 Å². The highest BCUT2D eigenvalue weighted by Gasteiger charge is 2.24. The Balaban J connectivity index is 2.32. The molecule has 0 aliphatic rings. The van der Waals surface area contributed by atoms with E-state index in [2.05, 4.69) is 4.98 Å². The number of carboxylic acid groups (broad SMARTS) is 1. The van der Waals surface area contributed by atoms with Gasteiger partial charge in [-0.25, -0.2) is 4.98 Å². The van der Waals surface area contributed by atoms with Crippen LogP contribution in [0.2, 0.25) is 0 Å². The predicted molar refractivity (Wildman–Crippen MR) is 73.6 cm³/mol. The summed E-state index contributed by atoms with van der Waals surface area (Å²) in [4.78, 5) is 28.9. The van der Waals surface area contributed by atoms with Gasteiger partial charge in [0.25, 0.3) is 5.91 Å². The van der Waals surface area contributed by atoms with Gasteiger partial charge in [0, 0.05) is 18.4 Å². The summed E-state index contributed by atoms with van der Waals surface area (Å²) < 4.78 is 1.74. The van der Waals surface area contributed by atoms with Gasteiger partial charge in [-0.15, -0.1) is 0 Å². The van der Waals surface area contributed by atoms with E-state index < -0.39 is 5.97 Å².